The van der Waals surface area contributed by atoms with Crippen LogP contribution in [0.5, 0.6) is 0 Å². The van der Waals surface area contributed by atoms with Gasteiger partial charge in [0.05, 0.1) is 10.6 Å². The normalized spacial score (nSPS) is 14.8. The van der Waals surface area contributed by atoms with E-state index in [0.29, 0.717) is 16.3 Å². The molecule has 0 radical (unpaired) electrons. The number of amides is 2. The summed E-state index contributed by atoms with van der Waals surface area (Å²) in [7, 11) is -4.10. The number of carbonyl (C=O) groups excluding carboxylic acids is 2. The van der Waals surface area contributed by atoms with Crippen molar-refractivity contribution in [3.05, 3.63) is 93.9 Å². The molecule has 3 aromatic rings. The molecule has 1 aliphatic carbocycles. The summed E-state index contributed by atoms with van der Waals surface area (Å²) >= 11 is 9.82. The molecule has 1 atom stereocenters. The first-order valence-corrected chi connectivity index (χ1v) is 15.9. The molecule has 4 rings (SSSR count). The molecule has 3 aromatic carbocycles. The highest BCUT2D eigenvalue weighted by molar-refractivity contribution is 9.10. The van der Waals surface area contributed by atoms with Gasteiger partial charge in [-0.05, 0) is 67.8 Å². The summed E-state index contributed by atoms with van der Waals surface area (Å²) in [5.41, 5.74) is 0.994. The molecule has 10 heteroatoms. The van der Waals surface area contributed by atoms with Gasteiger partial charge in [0.2, 0.25) is 11.8 Å². The molecule has 0 aromatic heterocycles. The van der Waals surface area contributed by atoms with Gasteiger partial charge in [-0.1, -0.05) is 83.2 Å². The van der Waals surface area contributed by atoms with Gasteiger partial charge in [0.15, 0.2) is 0 Å². The minimum atomic E-state index is -4.10. The molecule has 0 heterocycles. The standard InChI is InChI=1S/C30H33BrClN3O4S/c1-22(30(37)33-25-11-4-2-5-12-25)34(20-23-10-8-9-15-28(23)32)29(36)21-35(26-18-16-24(31)17-19-26)40(38,39)27-13-6-3-7-14-27/h3,6-10,13-19,22,25H,2,4-5,11-12,20-21H2,1H3,(H,33,37)/t22-/m0/s1. The Balaban J connectivity index is 1.67. The molecule has 1 aliphatic rings. The Morgan fingerprint density at radius 3 is 2.23 bits per heavy atom. The number of halogens is 2. The lowest BCUT2D eigenvalue weighted by Gasteiger charge is -2.33. The maximum atomic E-state index is 14.0. The Hall–Kier alpha value is -2.88. The van der Waals surface area contributed by atoms with Crippen molar-refractivity contribution < 1.29 is 18.0 Å². The van der Waals surface area contributed by atoms with E-state index >= 15 is 0 Å². The van der Waals surface area contributed by atoms with Crippen LogP contribution in [-0.2, 0) is 26.2 Å². The Morgan fingerprint density at radius 2 is 1.57 bits per heavy atom. The Kier molecular flexibility index (Phi) is 10.3. The maximum Gasteiger partial charge on any atom is 0.264 e. The molecule has 0 saturated heterocycles. The van der Waals surface area contributed by atoms with Gasteiger partial charge in [0.25, 0.3) is 10.0 Å². The number of hydrogen-bond acceptors (Lipinski definition) is 4. The topological polar surface area (TPSA) is 86.8 Å². The van der Waals surface area contributed by atoms with Crippen molar-refractivity contribution in [1.29, 1.82) is 0 Å². The Morgan fingerprint density at radius 1 is 0.950 bits per heavy atom. The second-order valence-electron chi connectivity index (χ2n) is 9.93. The van der Waals surface area contributed by atoms with E-state index in [1.807, 2.05) is 6.07 Å². The zero-order chi connectivity index (χ0) is 28.7. The van der Waals surface area contributed by atoms with Gasteiger partial charge in [-0.3, -0.25) is 13.9 Å². The monoisotopic (exact) mass is 645 g/mol. The molecular weight excluding hydrogens is 614 g/mol. The largest absolute Gasteiger partial charge is 0.352 e. The van der Waals surface area contributed by atoms with Crippen LogP contribution in [0.1, 0.15) is 44.6 Å². The van der Waals surface area contributed by atoms with Crippen LogP contribution in [0, 0.1) is 0 Å². The van der Waals surface area contributed by atoms with Crippen molar-refractivity contribution in [1.82, 2.24) is 10.2 Å². The quantitative estimate of drug-likeness (QED) is 0.286. The smallest absolute Gasteiger partial charge is 0.264 e. The zero-order valence-electron chi connectivity index (χ0n) is 22.3. The predicted molar refractivity (Wildman–Crippen MR) is 162 cm³/mol. The van der Waals surface area contributed by atoms with Gasteiger partial charge in [-0.15, -0.1) is 0 Å². The average Bonchev–Trinajstić information content (AvgIpc) is 2.96. The van der Waals surface area contributed by atoms with E-state index in [4.69, 9.17) is 11.6 Å². The van der Waals surface area contributed by atoms with E-state index in [0.717, 1.165) is 40.9 Å². The van der Waals surface area contributed by atoms with Gasteiger partial charge in [-0.25, -0.2) is 8.42 Å². The molecule has 0 bridgehead atoms. The van der Waals surface area contributed by atoms with Gasteiger partial charge in [0, 0.05) is 22.1 Å². The summed E-state index contributed by atoms with van der Waals surface area (Å²) in [4.78, 5) is 28.9. The highest BCUT2D eigenvalue weighted by Gasteiger charge is 2.33. The van der Waals surface area contributed by atoms with Gasteiger partial charge < -0.3 is 10.2 Å². The number of carbonyl (C=O) groups is 2. The molecule has 212 valence electrons. The van der Waals surface area contributed by atoms with Crippen molar-refractivity contribution in [2.75, 3.05) is 10.8 Å². The first kappa shape index (κ1) is 30.1. The van der Waals surface area contributed by atoms with E-state index in [9.17, 15) is 18.0 Å². The number of benzene rings is 3. The van der Waals surface area contributed by atoms with Crippen LogP contribution in [0.4, 0.5) is 5.69 Å². The summed E-state index contributed by atoms with van der Waals surface area (Å²) in [5, 5.41) is 3.56. The molecule has 0 spiro atoms. The van der Waals surface area contributed by atoms with Crippen molar-refractivity contribution in [3.8, 4) is 0 Å². The van der Waals surface area contributed by atoms with E-state index in [2.05, 4.69) is 21.2 Å². The highest BCUT2D eigenvalue weighted by atomic mass is 79.9. The van der Waals surface area contributed by atoms with Crippen LogP contribution in [0.3, 0.4) is 0 Å². The number of rotatable bonds is 10. The fourth-order valence-corrected chi connectivity index (χ4v) is 6.71. The van der Waals surface area contributed by atoms with Crippen molar-refractivity contribution >= 4 is 55.1 Å². The third-order valence-electron chi connectivity index (χ3n) is 7.14. The van der Waals surface area contributed by atoms with Crippen LogP contribution in [0.2, 0.25) is 5.02 Å². The Labute approximate surface area is 249 Å². The SMILES string of the molecule is C[C@@H](C(=O)NC1CCCCC1)N(Cc1ccccc1Cl)C(=O)CN(c1ccc(Br)cc1)S(=O)(=O)c1ccccc1. The highest BCUT2D eigenvalue weighted by Crippen LogP contribution is 2.27. The van der Waals surface area contributed by atoms with Crippen LogP contribution in [0.15, 0.2) is 88.2 Å². The summed E-state index contributed by atoms with van der Waals surface area (Å²) < 4.78 is 29.5. The van der Waals surface area contributed by atoms with Crippen LogP contribution in [0.25, 0.3) is 0 Å². The summed E-state index contributed by atoms with van der Waals surface area (Å²) in [6, 6.07) is 21.0. The van der Waals surface area contributed by atoms with Gasteiger partial charge in [0.1, 0.15) is 12.6 Å². The lowest BCUT2D eigenvalue weighted by atomic mass is 9.95. The molecule has 0 unspecified atom stereocenters. The minimum absolute atomic E-state index is 0.0529. The number of hydrogen-bond donors (Lipinski definition) is 1. The molecule has 7 nitrogen and oxygen atoms in total. The fourth-order valence-electron chi connectivity index (χ4n) is 4.82. The molecule has 1 N–H and O–H groups in total. The molecule has 1 fully saturated rings. The van der Waals surface area contributed by atoms with E-state index in [-0.39, 0.29) is 23.4 Å². The Bertz CT molecular complexity index is 1410. The lowest BCUT2D eigenvalue weighted by Crippen LogP contribution is -2.53. The minimum Gasteiger partial charge on any atom is -0.352 e. The zero-order valence-corrected chi connectivity index (χ0v) is 25.5. The first-order valence-electron chi connectivity index (χ1n) is 13.3. The molecule has 2 amide bonds. The number of sulfonamides is 1. The maximum absolute atomic E-state index is 14.0. The summed E-state index contributed by atoms with van der Waals surface area (Å²) in [6.07, 6.45) is 5.08. The van der Waals surface area contributed by atoms with Crippen molar-refractivity contribution in [3.63, 3.8) is 0 Å². The van der Waals surface area contributed by atoms with Gasteiger partial charge in [-0.2, -0.15) is 0 Å². The summed E-state index contributed by atoms with van der Waals surface area (Å²) in [5.74, 6) is -0.790. The summed E-state index contributed by atoms with van der Waals surface area (Å²) in [6.45, 7) is 1.23. The molecule has 1 saturated carbocycles. The number of nitrogens with one attached hydrogen (secondary N) is 1. The first-order chi connectivity index (χ1) is 19.2. The average molecular weight is 647 g/mol. The molecular formula is C30H33BrClN3O4S. The molecule has 0 aliphatic heterocycles. The van der Waals surface area contributed by atoms with Gasteiger partial charge >= 0.3 is 0 Å². The van der Waals surface area contributed by atoms with E-state index in [1.54, 1.807) is 67.6 Å². The lowest BCUT2D eigenvalue weighted by molar-refractivity contribution is -0.139. The predicted octanol–water partition coefficient (Wildman–Crippen LogP) is 6.16. The van der Waals surface area contributed by atoms with Crippen molar-refractivity contribution in [2.24, 2.45) is 0 Å². The fraction of sp³-hybridized carbons (Fsp3) is 0.333. The van der Waals surface area contributed by atoms with Crippen molar-refractivity contribution in [2.45, 2.75) is 62.6 Å². The van der Waals surface area contributed by atoms with E-state index in [1.165, 1.54) is 17.0 Å². The van der Waals surface area contributed by atoms with Crippen LogP contribution >= 0.6 is 27.5 Å². The third kappa shape index (κ3) is 7.44. The third-order valence-corrected chi connectivity index (χ3v) is 9.83. The number of nitrogens with zero attached hydrogens (tertiary/aromatic N) is 2. The second kappa shape index (κ2) is 13.7. The molecule has 40 heavy (non-hydrogen) atoms. The van der Waals surface area contributed by atoms with E-state index < -0.39 is 28.5 Å². The van der Waals surface area contributed by atoms with Crippen LogP contribution in [-0.4, -0.2) is 43.8 Å². The van der Waals surface area contributed by atoms with Crippen LogP contribution < -0.4 is 9.62 Å². The second-order valence-corrected chi connectivity index (χ2v) is 13.1. The number of anilines is 1.